The average molecular weight is 201 g/mol. The van der Waals surface area contributed by atoms with Gasteiger partial charge in [0.25, 0.3) is 0 Å². The molecule has 14 heavy (non-hydrogen) atoms. The zero-order chi connectivity index (χ0) is 10.8. The highest BCUT2D eigenvalue weighted by Crippen LogP contribution is 1.93. The predicted octanol–water partition coefficient (Wildman–Crippen LogP) is -1.50. The van der Waals surface area contributed by atoms with Gasteiger partial charge in [0.2, 0.25) is 18.2 Å². The number of hydrogen-bond acceptors (Lipinski definition) is 3. The van der Waals surface area contributed by atoms with E-state index in [9.17, 15) is 14.4 Å². The van der Waals surface area contributed by atoms with E-state index in [1.54, 1.807) is 0 Å². The molecule has 0 fully saturated rings. The molecule has 80 valence electrons. The van der Waals surface area contributed by atoms with E-state index in [2.05, 4.69) is 10.6 Å². The number of primary amides is 1. The Hall–Kier alpha value is -1.59. The maximum Gasteiger partial charge on any atom is 0.236 e. The number of hydrogen-bond donors (Lipinski definition) is 3. The lowest BCUT2D eigenvalue weighted by atomic mass is 10.2. The minimum atomic E-state index is -0.555. The number of nitrogens with one attached hydrogen (secondary N) is 2. The Morgan fingerprint density at radius 3 is 2.57 bits per heavy atom. The van der Waals surface area contributed by atoms with E-state index in [0.717, 1.165) is 6.42 Å². The van der Waals surface area contributed by atoms with Gasteiger partial charge in [-0.1, -0.05) is 0 Å². The zero-order valence-electron chi connectivity index (χ0n) is 7.91. The fourth-order valence-corrected chi connectivity index (χ4v) is 0.846. The van der Waals surface area contributed by atoms with Crippen molar-refractivity contribution in [1.82, 2.24) is 10.6 Å². The van der Waals surface area contributed by atoms with E-state index in [4.69, 9.17) is 5.73 Å². The van der Waals surface area contributed by atoms with Crippen molar-refractivity contribution in [3.8, 4) is 0 Å². The molecule has 3 amide bonds. The summed E-state index contributed by atoms with van der Waals surface area (Å²) < 4.78 is 0. The Bertz CT molecular complexity index is 206. The van der Waals surface area contributed by atoms with Gasteiger partial charge in [-0.25, -0.2) is 0 Å². The SMILES string of the molecule is NC(=O)CNC(=O)CCCCNC=O. The van der Waals surface area contributed by atoms with Gasteiger partial charge in [-0.15, -0.1) is 0 Å². The standard InChI is InChI=1S/C8H15N3O3/c9-7(13)5-11-8(14)3-1-2-4-10-6-12/h6H,1-5H2,(H2,9,13)(H,10,12)(H,11,14). The first-order valence-electron chi connectivity index (χ1n) is 4.39. The lowest BCUT2D eigenvalue weighted by molar-refractivity contribution is -0.124. The van der Waals surface area contributed by atoms with Crippen LogP contribution in [0.3, 0.4) is 0 Å². The van der Waals surface area contributed by atoms with Gasteiger partial charge < -0.3 is 16.4 Å². The normalized spacial score (nSPS) is 9.14. The van der Waals surface area contributed by atoms with Crippen LogP contribution in [0.25, 0.3) is 0 Å². The minimum Gasteiger partial charge on any atom is -0.368 e. The molecule has 0 aliphatic carbocycles. The van der Waals surface area contributed by atoms with Crippen molar-refractivity contribution in [2.75, 3.05) is 13.1 Å². The molecule has 0 aromatic heterocycles. The van der Waals surface area contributed by atoms with Crippen LogP contribution in [0.15, 0.2) is 0 Å². The molecule has 0 aliphatic heterocycles. The van der Waals surface area contributed by atoms with Gasteiger partial charge in [0.1, 0.15) is 0 Å². The van der Waals surface area contributed by atoms with Crippen LogP contribution in [0.4, 0.5) is 0 Å². The summed E-state index contributed by atoms with van der Waals surface area (Å²) in [5.74, 6) is -0.754. The molecule has 0 heterocycles. The summed E-state index contributed by atoms with van der Waals surface area (Å²) in [6.07, 6.45) is 2.37. The summed E-state index contributed by atoms with van der Waals surface area (Å²) in [4.78, 5) is 31.1. The first kappa shape index (κ1) is 12.4. The number of unbranched alkanes of at least 4 members (excludes halogenated alkanes) is 1. The van der Waals surface area contributed by atoms with Crippen molar-refractivity contribution >= 4 is 18.2 Å². The van der Waals surface area contributed by atoms with Crippen LogP contribution in [0.1, 0.15) is 19.3 Å². The molecule has 0 spiro atoms. The summed E-state index contributed by atoms with van der Waals surface area (Å²) in [5, 5.41) is 4.86. The van der Waals surface area contributed by atoms with Gasteiger partial charge in [0, 0.05) is 13.0 Å². The molecule has 0 aliphatic rings. The smallest absolute Gasteiger partial charge is 0.236 e. The van der Waals surface area contributed by atoms with Crippen LogP contribution >= 0.6 is 0 Å². The molecule has 4 N–H and O–H groups in total. The molecule has 0 atom stereocenters. The first-order valence-corrected chi connectivity index (χ1v) is 4.39. The van der Waals surface area contributed by atoms with E-state index >= 15 is 0 Å². The number of amides is 3. The Kier molecular flexibility index (Phi) is 7.12. The van der Waals surface area contributed by atoms with Gasteiger partial charge in [0.15, 0.2) is 0 Å². The molecule has 0 aromatic rings. The zero-order valence-corrected chi connectivity index (χ0v) is 7.91. The van der Waals surface area contributed by atoms with Crippen LogP contribution in [-0.2, 0) is 14.4 Å². The topological polar surface area (TPSA) is 101 Å². The summed E-state index contributed by atoms with van der Waals surface area (Å²) in [5.41, 5.74) is 4.83. The molecule has 0 saturated carbocycles. The Morgan fingerprint density at radius 2 is 2.00 bits per heavy atom. The average Bonchev–Trinajstić information content (AvgIpc) is 2.14. The monoisotopic (exact) mass is 201 g/mol. The van der Waals surface area contributed by atoms with E-state index in [1.807, 2.05) is 0 Å². The van der Waals surface area contributed by atoms with Gasteiger partial charge in [-0.05, 0) is 12.8 Å². The highest BCUT2D eigenvalue weighted by Gasteiger charge is 2.01. The fourth-order valence-electron chi connectivity index (χ4n) is 0.846. The van der Waals surface area contributed by atoms with Crippen molar-refractivity contribution in [2.24, 2.45) is 5.73 Å². The third-order valence-electron chi connectivity index (χ3n) is 1.52. The molecular weight excluding hydrogens is 186 g/mol. The van der Waals surface area contributed by atoms with Crippen molar-refractivity contribution in [2.45, 2.75) is 19.3 Å². The second-order valence-corrected chi connectivity index (χ2v) is 2.77. The summed E-state index contributed by atoms with van der Waals surface area (Å²) in [6, 6.07) is 0. The maximum absolute atomic E-state index is 11.0. The van der Waals surface area contributed by atoms with Crippen LogP contribution in [0.5, 0.6) is 0 Å². The maximum atomic E-state index is 11.0. The summed E-state index contributed by atoms with van der Waals surface area (Å²) >= 11 is 0. The van der Waals surface area contributed by atoms with Gasteiger partial charge in [-0.3, -0.25) is 14.4 Å². The predicted molar refractivity (Wildman–Crippen MR) is 50.1 cm³/mol. The van der Waals surface area contributed by atoms with Crippen LogP contribution in [-0.4, -0.2) is 31.3 Å². The molecule has 6 heteroatoms. The largest absolute Gasteiger partial charge is 0.368 e. The Labute approximate surface area is 82.2 Å². The number of rotatable bonds is 8. The Balaban J connectivity index is 3.26. The van der Waals surface area contributed by atoms with Crippen LogP contribution in [0, 0.1) is 0 Å². The molecule has 0 unspecified atom stereocenters. The molecule has 0 radical (unpaired) electrons. The van der Waals surface area contributed by atoms with Crippen molar-refractivity contribution < 1.29 is 14.4 Å². The molecule has 0 bridgehead atoms. The van der Waals surface area contributed by atoms with Crippen LogP contribution < -0.4 is 16.4 Å². The quantitative estimate of drug-likeness (QED) is 0.329. The van der Waals surface area contributed by atoms with Crippen molar-refractivity contribution in [3.63, 3.8) is 0 Å². The number of carbonyl (C=O) groups is 3. The first-order chi connectivity index (χ1) is 6.66. The minimum absolute atomic E-state index is 0.120. The Morgan fingerprint density at radius 1 is 1.29 bits per heavy atom. The van der Waals surface area contributed by atoms with Crippen molar-refractivity contribution in [3.05, 3.63) is 0 Å². The molecule has 0 saturated heterocycles. The second kappa shape index (κ2) is 8.03. The summed E-state index contributed by atoms with van der Waals surface area (Å²) in [7, 11) is 0. The van der Waals surface area contributed by atoms with Gasteiger partial charge in [0.05, 0.1) is 6.54 Å². The molecule has 6 nitrogen and oxygen atoms in total. The third-order valence-corrected chi connectivity index (χ3v) is 1.52. The lowest BCUT2D eigenvalue weighted by Gasteiger charge is -2.02. The molecule has 0 rings (SSSR count). The highest BCUT2D eigenvalue weighted by atomic mass is 16.2. The van der Waals surface area contributed by atoms with E-state index < -0.39 is 5.91 Å². The molecule has 0 aromatic carbocycles. The summed E-state index contributed by atoms with van der Waals surface area (Å²) in [6.45, 7) is 0.442. The van der Waals surface area contributed by atoms with Crippen molar-refractivity contribution in [1.29, 1.82) is 0 Å². The lowest BCUT2D eigenvalue weighted by Crippen LogP contribution is -2.33. The number of carbonyl (C=O) groups excluding carboxylic acids is 3. The van der Waals surface area contributed by atoms with E-state index in [-0.39, 0.29) is 12.5 Å². The van der Waals surface area contributed by atoms with Gasteiger partial charge in [-0.2, -0.15) is 0 Å². The third kappa shape index (κ3) is 8.51. The van der Waals surface area contributed by atoms with Crippen LogP contribution in [0.2, 0.25) is 0 Å². The molecular formula is C8H15N3O3. The highest BCUT2D eigenvalue weighted by molar-refractivity contribution is 5.83. The fraction of sp³-hybridized carbons (Fsp3) is 0.625. The van der Waals surface area contributed by atoms with Gasteiger partial charge >= 0.3 is 0 Å². The second-order valence-electron chi connectivity index (χ2n) is 2.77. The number of nitrogens with two attached hydrogens (primary N) is 1. The van der Waals surface area contributed by atoms with E-state index in [1.165, 1.54) is 0 Å². The van der Waals surface area contributed by atoms with E-state index in [0.29, 0.717) is 25.8 Å².